The van der Waals surface area contributed by atoms with Crippen molar-refractivity contribution in [3.05, 3.63) is 71.0 Å². The van der Waals surface area contributed by atoms with Crippen molar-refractivity contribution in [2.24, 2.45) is 5.73 Å². The second kappa shape index (κ2) is 8.65. The molecule has 2 rings (SSSR count). The first-order chi connectivity index (χ1) is 10.5. The number of halogens is 2. The van der Waals surface area contributed by atoms with Crippen LogP contribution >= 0.6 is 12.4 Å². The Bertz CT molecular complexity index is 649. The number of carbonyl (C=O) groups is 1. The molecular formula is C18H22ClFN2O. The lowest BCUT2D eigenvalue weighted by Gasteiger charge is -2.18. The van der Waals surface area contributed by atoms with Crippen LogP contribution < -0.4 is 11.1 Å². The number of amides is 1. The molecule has 0 bridgehead atoms. The zero-order valence-electron chi connectivity index (χ0n) is 13.3. The molecule has 124 valence electrons. The highest BCUT2D eigenvalue weighted by molar-refractivity contribution is 5.85. The van der Waals surface area contributed by atoms with E-state index < -0.39 is 6.04 Å². The molecule has 0 heterocycles. The Morgan fingerprint density at radius 3 is 2.48 bits per heavy atom. The van der Waals surface area contributed by atoms with Crippen LogP contribution in [0.25, 0.3) is 0 Å². The summed E-state index contributed by atoms with van der Waals surface area (Å²) < 4.78 is 13.6. The van der Waals surface area contributed by atoms with Crippen LogP contribution in [0.5, 0.6) is 0 Å². The van der Waals surface area contributed by atoms with Crippen LogP contribution in [0.3, 0.4) is 0 Å². The molecular weight excluding hydrogens is 315 g/mol. The van der Waals surface area contributed by atoms with Crippen molar-refractivity contribution in [2.45, 2.75) is 32.4 Å². The fourth-order valence-corrected chi connectivity index (χ4v) is 2.24. The maximum absolute atomic E-state index is 13.6. The molecule has 0 saturated heterocycles. The van der Waals surface area contributed by atoms with E-state index in [1.54, 1.807) is 13.0 Å². The molecule has 2 aromatic rings. The number of benzene rings is 2. The molecule has 0 spiro atoms. The Morgan fingerprint density at radius 1 is 1.22 bits per heavy atom. The molecule has 1 amide bonds. The minimum atomic E-state index is -0.625. The molecule has 0 fully saturated rings. The second-order valence-corrected chi connectivity index (χ2v) is 5.54. The van der Waals surface area contributed by atoms with Gasteiger partial charge in [-0.1, -0.05) is 42.5 Å². The van der Waals surface area contributed by atoms with Crippen LogP contribution in [0.4, 0.5) is 4.39 Å². The summed E-state index contributed by atoms with van der Waals surface area (Å²) in [7, 11) is 0. The lowest BCUT2D eigenvalue weighted by molar-refractivity contribution is -0.123. The van der Waals surface area contributed by atoms with Crippen molar-refractivity contribution >= 4 is 18.3 Å². The molecule has 0 aliphatic carbocycles. The number of nitrogens with two attached hydrogens (primary N) is 1. The molecule has 2 unspecified atom stereocenters. The molecule has 2 aromatic carbocycles. The molecule has 3 N–H and O–H groups in total. The first-order valence-electron chi connectivity index (χ1n) is 7.33. The van der Waals surface area contributed by atoms with Crippen molar-refractivity contribution in [1.82, 2.24) is 5.32 Å². The molecule has 0 radical (unpaired) electrons. The van der Waals surface area contributed by atoms with Crippen LogP contribution in [-0.2, 0) is 11.2 Å². The normalized spacial score (nSPS) is 12.9. The van der Waals surface area contributed by atoms with E-state index in [4.69, 9.17) is 5.73 Å². The average Bonchev–Trinajstić information content (AvgIpc) is 2.50. The Labute approximate surface area is 142 Å². The van der Waals surface area contributed by atoms with Crippen molar-refractivity contribution in [3.8, 4) is 0 Å². The van der Waals surface area contributed by atoms with E-state index in [1.807, 2.05) is 43.3 Å². The number of aryl methyl sites for hydroxylation is 1. The Hall–Kier alpha value is -1.91. The largest absolute Gasteiger partial charge is 0.348 e. The van der Waals surface area contributed by atoms with Gasteiger partial charge in [0, 0.05) is 0 Å². The van der Waals surface area contributed by atoms with E-state index in [0.29, 0.717) is 12.0 Å². The summed E-state index contributed by atoms with van der Waals surface area (Å²) in [5.41, 5.74) is 8.27. The Morgan fingerprint density at radius 2 is 1.87 bits per heavy atom. The van der Waals surface area contributed by atoms with Crippen LogP contribution in [0.1, 0.15) is 29.7 Å². The van der Waals surface area contributed by atoms with E-state index in [0.717, 1.165) is 11.1 Å². The fraction of sp³-hybridized carbons (Fsp3) is 0.278. The maximum Gasteiger partial charge on any atom is 0.237 e. The van der Waals surface area contributed by atoms with Gasteiger partial charge in [0.1, 0.15) is 5.82 Å². The minimum Gasteiger partial charge on any atom is -0.348 e. The van der Waals surface area contributed by atoms with Gasteiger partial charge in [0.2, 0.25) is 5.91 Å². The van der Waals surface area contributed by atoms with Gasteiger partial charge in [0.05, 0.1) is 12.1 Å². The average molecular weight is 337 g/mol. The third kappa shape index (κ3) is 5.34. The van der Waals surface area contributed by atoms with E-state index in [9.17, 15) is 9.18 Å². The number of nitrogens with one attached hydrogen (secondary N) is 1. The van der Waals surface area contributed by atoms with Gasteiger partial charge in [0.25, 0.3) is 0 Å². The van der Waals surface area contributed by atoms with E-state index in [1.165, 1.54) is 6.07 Å². The van der Waals surface area contributed by atoms with E-state index in [-0.39, 0.29) is 30.2 Å². The Kier molecular flexibility index (Phi) is 7.20. The quantitative estimate of drug-likeness (QED) is 0.880. The van der Waals surface area contributed by atoms with E-state index >= 15 is 0 Å². The molecule has 0 aliphatic heterocycles. The van der Waals surface area contributed by atoms with Gasteiger partial charge < -0.3 is 11.1 Å². The predicted molar refractivity (Wildman–Crippen MR) is 93.1 cm³/mol. The van der Waals surface area contributed by atoms with Crippen molar-refractivity contribution in [1.29, 1.82) is 0 Å². The number of carbonyl (C=O) groups excluding carboxylic acids is 1. The second-order valence-electron chi connectivity index (χ2n) is 5.54. The molecule has 3 nitrogen and oxygen atoms in total. The van der Waals surface area contributed by atoms with Crippen LogP contribution in [-0.4, -0.2) is 11.9 Å². The molecule has 2 atom stereocenters. The molecule has 23 heavy (non-hydrogen) atoms. The monoisotopic (exact) mass is 336 g/mol. The van der Waals surface area contributed by atoms with Gasteiger partial charge in [-0.2, -0.15) is 0 Å². The molecule has 5 heteroatoms. The lowest BCUT2D eigenvalue weighted by Crippen LogP contribution is -2.43. The molecule has 0 aliphatic rings. The number of rotatable bonds is 5. The van der Waals surface area contributed by atoms with Gasteiger partial charge in [-0.3, -0.25) is 4.79 Å². The van der Waals surface area contributed by atoms with Gasteiger partial charge in [-0.25, -0.2) is 4.39 Å². The predicted octanol–water partition coefficient (Wildman–Crippen LogP) is 3.30. The summed E-state index contributed by atoms with van der Waals surface area (Å²) in [5, 5.41) is 2.83. The van der Waals surface area contributed by atoms with Crippen molar-refractivity contribution in [3.63, 3.8) is 0 Å². The van der Waals surface area contributed by atoms with Crippen molar-refractivity contribution in [2.75, 3.05) is 0 Å². The smallest absolute Gasteiger partial charge is 0.237 e. The van der Waals surface area contributed by atoms with Gasteiger partial charge in [-0.05, 0) is 43.0 Å². The van der Waals surface area contributed by atoms with Gasteiger partial charge in [-0.15, -0.1) is 12.4 Å². The highest BCUT2D eigenvalue weighted by Gasteiger charge is 2.17. The summed E-state index contributed by atoms with van der Waals surface area (Å²) in [6.45, 7) is 3.52. The highest BCUT2D eigenvalue weighted by atomic mass is 35.5. The molecule has 0 saturated carbocycles. The van der Waals surface area contributed by atoms with Gasteiger partial charge in [0.15, 0.2) is 0 Å². The number of hydrogen-bond donors (Lipinski definition) is 2. The SMILES string of the molecule is Cc1ccc(C(C)NC(=O)C(N)Cc2ccccc2)cc1F.Cl. The number of hydrogen-bond acceptors (Lipinski definition) is 2. The van der Waals surface area contributed by atoms with Crippen LogP contribution in [0, 0.1) is 12.7 Å². The van der Waals surface area contributed by atoms with E-state index in [2.05, 4.69) is 5.32 Å². The van der Waals surface area contributed by atoms with Crippen LogP contribution in [0.15, 0.2) is 48.5 Å². The zero-order chi connectivity index (χ0) is 16.1. The summed E-state index contributed by atoms with van der Waals surface area (Å²) in [5.74, 6) is -0.510. The van der Waals surface area contributed by atoms with Gasteiger partial charge >= 0.3 is 0 Å². The first kappa shape index (κ1) is 19.1. The van der Waals surface area contributed by atoms with Crippen molar-refractivity contribution < 1.29 is 9.18 Å². The third-order valence-electron chi connectivity index (χ3n) is 3.69. The third-order valence-corrected chi connectivity index (χ3v) is 3.69. The lowest BCUT2D eigenvalue weighted by atomic mass is 10.0. The van der Waals surface area contributed by atoms with Crippen LogP contribution in [0.2, 0.25) is 0 Å². The fourth-order valence-electron chi connectivity index (χ4n) is 2.24. The zero-order valence-corrected chi connectivity index (χ0v) is 14.1. The highest BCUT2D eigenvalue weighted by Crippen LogP contribution is 2.16. The summed E-state index contributed by atoms with van der Waals surface area (Å²) in [4.78, 5) is 12.2. The standard InChI is InChI=1S/C18H21FN2O.ClH/c1-12-8-9-15(11-16(12)19)13(2)21-18(22)17(20)10-14-6-4-3-5-7-14;/h3-9,11,13,17H,10,20H2,1-2H3,(H,21,22);1H. The summed E-state index contributed by atoms with van der Waals surface area (Å²) in [6.07, 6.45) is 0.474. The first-order valence-corrected chi connectivity index (χ1v) is 7.33. The Balaban J connectivity index is 0.00000264. The topological polar surface area (TPSA) is 55.1 Å². The minimum absolute atomic E-state index is 0. The molecule has 0 aromatic heterocycles. The maximum atomic E-state index is 13.6. The summed E-state index contributed by atoms with van der Waals surface area (Å²) >= 11 is 0. The summed E-state index contributed by atoms with van der Waals surface area (Å²) in [6, 6.07) is 13.7.